The van der Waals surface area contributed by atoms with Crippen LogP contribution in [0, 0.1) is 12.7 Å². The maximum atomic E-state index is 14.1. The van der Waals surface area contributed by atoms with Crippen LogP contribution in [0.1, 0.15) is 37.5 Å². The summed E-state index contributed by atoms with van der Waals surface area (Å²) < 4.78 is 19.6. The van der Waals surface area contributed by atoms with Crippen LogP contribution in [0.25, 0.3) is 0 Å². The average Bonchev–Trinajstić information content (AvgIpc) is 2.81. The van der Waals surface area contributed by atoms with E-state index in [0.29, 0.717) is 6.42 Å². The number of aryl methyl sites for hydroxylation is 1. The van der Waals surface area contributed by atoms with Crippen molar-refractivity contribution >= 4 is 11.8 Å². The number of rotatable bonds is 9. The maximum Gasteiger partial charge on any atom is 0.261 e. The number of hydrogen-bond donors (Lipinski definition) is 1. The van der Waals surface area contributed by atoms with Crippen LogP contribution in [0.15, 0.2) is 78.9 Å². The van der Waals surface area contributed by atoms with Gasteiger partial charge < -0.3 is 15.0 Å². The van der Waals surface area contributed by atoms with Crippen molar-refractivity contribution in [1.82, 2.24) is 10.2 Å². The SMILES string of the molecule is Cc1ccc(CN(C(=O)COc2ccccc2F)[C@@H](Cc2ccccc2)C(=O)NC(C)(C)C)cc1. The van der Waals surface area contributed by atoms with Crippen molar-refractivity contribution in [2.75, 3.05) is 6.61 Å². The topological polar surface area (TPSA) is 58.6 Å². The monoisotopic (exact) mass is 476 g/mol. The standard InChI is InChI=1S/C29H33FN2O3/c1-21-14-16-23(17-15-21)19-32(27(33)20-35-26-13-9-8-12-24(26)30)25(28(34)31-29(2,3)4)18-22-10-6-5-7-11-22/h5-17,25H,18-20H2,1-4H3,(H,31,34)/t25-/m0/s1. The third-order valence-corrected chi connectivity index (χ3v) is 5.43. The van der Waals surface area contributed by atoms with E-state index in [4.69, 9.17) is 4.74 Å². The molecule has 0 aliphatic heterocycles. The summed E-state index contributed by atoms with van der Waals surface area (Å²) in [6.45, 7) is 7.52. The molecule has 184 valence electrons. The molecule has 0 heterocycles. The fourth-order valence-corrected chi connectivity index (χ4v) is 3.68. The molecule has 1 atom stereocenters. The number of carbonyl (C=O) groups is 2. The number of nitrogens with one attached hydrogen (secondary N) is 1. The van der Waals surface area contributed by atoms with Crippen molar-refractivity contribution < 1.29 is 18.7 Å². The van der Waals surface area contributed by atoms with E-state index < -0.39 is 23.3 Å². The molecule has 0 unspecified atom stereocenters. The Labute approximate surface area is 206 Å². The molecule has 0 aromatic heterocycles. The molecule has 6 heteroatoms. The van der Waals surface area contributed by atoms with Crippen LogP contribution in [-0.4, -0.2) is 34.9 Å². The molecule has 0 spiro atoms. The molecule has 3 aromatic carbocycles. The molecule has 0 aliphatic carbocycles. The van der Waals surface area contributed by atoms with E-state index in [1.807, 2.05) is 82.3 Å². The molecule has 0 radical (unpaired) electrons. The summed E-state index contributed by atoms with van der Waals surface area (Å²) in [5.74, 6) is -1.21. The Hall–Kier alpha value is -3.67. The molecule has 2 amide bonds. The zero-order valence-electron chi connectivity index (χ0n) is 20.8. The first-order valence-corrected chi connectivity index (χ1v) is 11.7. The van der Waals surface area contributed by atoms with Crippen LogP contribution < -0.4 is 10.1 Å². The van der Waals surface area contributed by atoms with Crippen LogP contribution in [-0.2, 0) is 22.6 Å². The van der Waals surface area contributed by atoms with Gasteiger partial charge in [-0.05, 0) is 51.0 Å². The molecule has 3 aromatic rings. The molecule has 3 rings (SSSR count). The Morgan fingerprint density at radius 2 is 1.54 bits per heavy atom. The van der Waals surface area contributed by atoms with Crippen molar-refractivity contribution in [2.45, 2.75) is 52.2 Å². The minimum atomic E-state index is -0.783. The fraction of sp³-hybridized carbons (Fsp3) is 0.310. The minimum Gasteiger partial charge on any atom is -0.481 e. The Bertz CT molecular complexity index is 1120. The van der Waals surface area contributed by atoms with Gasteiger partial charge in [-0.25, -0.2) is 4.39 Å². The first-order valence-electron chi connectivity index (χ1n) is 11.7. The van der Waals surface area contributed by atoms with Gasteiger partial charge in [0.05, 0.1) is 0 Å². The first-order chi connectivity index (χ1) is 16.6. The predicted molar refractivity (Wildman–Crippen MR) is 135 cm³/mol. The zero-order valence-corrected chi connectivity index (χ0v) is 20.8. The summed E-state index contributed by atoms with van der Waals surface area (Å²) in [6.07, 6.45) is 0.333. The summed E-state index contributed by atoms with van der Waals surface area (Å²) in [4.78, 5) is 28.5. The lowest BCUT2D eigenvalue weighted by Crippen LogP contribution is -2.55. The van der Waals surface area contributed by atoms with Crippen molar-refractivity contribution in [3.8, 4) is 5.75 Å². The van der Waals surface area contributed by atoms with Gasteiger partial charge in [-0.15, -0.1) is 0 Å². The fourth-order valence-electron chi connectivity index (χ4n) is 3.68. The number of carbonyl (C=O) groups excluding carboxylic acids is 2. The highest BCUT2D eigenvalue weighted by atomic mass is 19.1. The number of benzene rings is 3. The molecular weight excluding hydrogens is 443 g/mol. The van der Waals surface area contributed by atoms with E-state index in [1.54, 1.807) is 12.1 Å². The van der Waals surface area contributed by atoms with Crippen LogP contribution in [0.4, 0.5) is 4.39 Å². The quantitative estimate of drug-likeness (QED) is 0.469. The third-order valence-electron chi connectivity index (χ3n) is 5.43. The van der Waals surface area contributed by atoms with Gasteiger partial charge >= 0.3 is 0 Å². The normalized spacial score (nSPS) is 12.0. The highest BCUT2D eigenvalue weighted by Gasteiger charge is 2.32. The Morgan fingerprint density at radius 1 is 0.914 bits per heavy atom. The highest BCUT2D eigenvalue weighted by molar-refractivity contribution is 5.89. The Morgan fingerprint density at radius 3 is 2.17 bits per heavy atom. The van der Waals surface area contributed by atoms with Gasteiger partial charge in [0.25, 0.3) is 5.91 Å². The average molecular weight is 477 g/mol. The number of ether oxygens (including phenoxy) is 1. The highest BCUT2D eigenvalue weighted by Crippen LogP contribution is 2.19. The molecular formula is C29H33FN2O3. The molecule has 5 nitrogen and oxygen atoms in total. The van der Waals surface area contributed by atoms with Gasteiger partial charge in [0, 0.05) is 18.5 Å². The summed E-state index contributed by atoms with van der Waals surface area (Å²) in [7, 11) is 0. The second kappa shape index (κ2) is 11.6. The molecule has 1 N–H and O–H groups in total. The van der Waals surface area contributed by atoms with Crippen molar-refractivity contribution in [2.24, 2.45) is 0 Å². The van der Waals surface area contributed by atoms with Crippen molar-refractivity contribution in [1.29, 1.82) is 0 Å². The second-order valence-electron chi connectivity index (χ2n) is 9.67. The second-order valence-corrected chi connectivity index (χ2v) is 9.67. The van der Waals surface area contributed by atoms with Gasteiger partial charge in [0.2, 0.25) is 5.91 Å². The summed E-state index contributed by atoms with van der Waals surface area (Å²) in [6, 6.07) is 22.6. The van der Waals surface area contributed by atoms with Crippen LogP contribution >= 0.6 is 0 Å². The number of para-hydroxylation sites is 1. The van der Waals surface area contributed by atoms with E-state index in [9.17, 15) is 14.0 Å². The number of amides is 2. The smallest absolute Gasteiger partial charge is 0.261 e. The van der Waals surface area contributed by atoms with Crippen LogP contribution in [0.5, 0.6) is 5.75 Å². The van der Waals surface area contributed by atoms with Crippen LogP contribution in [0.3, 0.4) is 0 Å². The van der Waals surface area contributed by atoms with E-state index in [1.165, 1.54) is 17.0 Å². The molecule has 0 fully saturated rings. The van der Waals surface area contributed by atoms with E-state index in [0.717, 1.165) is 16.7 Å². The lowest BCUT2D eigenvalue weighted by Gasteiger charge is -2.33. The number of nitrogens with zero attached hydrogens (tertiary/aromatic N) is 1. The summed E-state index contributed by atoms with van der Waals surface area (Å²) in [5, 5.41) is 3.02. The van der Waals surface area contributed by atoms with Crippen LogP contribution in [0.2, 0.25) is 0 Å². The minimum absolute atomic E-state index is 0.00473. The van der Waals surface area contributed by atoms with Crippen molar-refractivity contribution in [3.05, 3.63) is 101 Å². The molecule has 0 saturated carbocycles. The molecule has 35 heavy (non-hydrogen) atoms. The number of halogens is 1. The lowest BCUT2D eigenvalue weighted by molar-refractivity contribution is -0.143. The van der Waals surface area contributed by atoms with E-state index in [-0.39, 0.29) is 24.8 Å². The zero-order chi connectivity index (χ0) is 25.4. The van der Waals surface area contributed by atoms with Gasteiger partial charge in [-0.2, -0.15) is 0 Å². The lowest BCUT2D eigenvalue weighted by atomic mass is 10.0. The van der Waals surface area contributed by atoms with Gasteiger partial charge in [-0.3, -0.25) is 9.59 Å². The predicted octanol–water partition coefficient (Wildman–Crippen LogP) is 5.07. The van der Waals surface area contributed by atoms with E-state index >= 15 is 0 Å². The van der Waals surface area contributed by atoms with Gasteiger partial charge in [0.1, 0.15) is 6.04 Å². The van der Waals surface area contributed by atoms with Crippen molar-refractivity contribution in [3.63, 3.8) is 0 Å². The largest absolute Gasteiger partial charge is 0.481 e. The Kier molecular flexibility index (Phi) is 8.63. The summed E-state index contributed by atoms with van der Waals surface area (Å²) >= 11 is 0. The molecule has 0 bridgehead atoms. The van der Waals surface area contributed by atoms with E-state index in [2.05, 4.69) is 5.32 Å². The van der Waals surface area contributed by atoms with Gasteiger partial charge in [-0.1, -0.05) is 72.3 Å². The van der Waals surface area contributed by atoms with Gasteiger partial charge in [0.15, 0.2) is 18.2 Å². The molecule has 0 aliphatic rings. The first kappa shape index (κ1) is 25.9. The number of hydrogen-bond acceptors (Lipinski definition) is 3. The Balaban J connectivity index is 1.93. The maximum absolute atomic E-state index is 14.1. The molecule has 0 saturated heterocycles. The summed E-state index contributed by atoms with van der Waals surface area (Å²) in [5.41, 5.74) is 2.43. The third kappa shape index (κ3) is 7.95.